The summed E-state index contributed by atoms with van der Waals surface area (Å²) in [6.45, 7) is 1.77. The van der Waals surface area contributed by atoms with Gasteiger partial charge in [0.15, 0.2) is 5.92 Å². The lowest BCUT2D eigenvalue weighted by Crippen LogP contribution is -2.24. The summed E-state index contributed by atoms with van der Waals surface area (Å²) in [4.78, 5) is 26.0. The van der Waals surface area contributed by atoms with Crippen molar-refractivity contribution < 1.29 is 19.4 Å². The Balaban J connectivity index is 2.94. The molecule has 1 aromatic heterocycles. The molecule has 0 bridgehead atoms. The highest BCUT2D eigenvalue weighted by atomic mass is 16.5. The molecule has 1 unspecified atom stereocenters. The van der Waals surface area contributed by atoms with Crippen molar-refractivity contribution in [2.75, 3.05) is 6.61 Å². The van der Waals surface area contributed by atoms with Crippen LogP contribution in [-0.4, -0.2) is 28.6 Å². The summed E-state index contributed by atoms with van der Waals surface area (Å²) >= 11 is 0. The number of carbonyl (C=O) groups is 2. The summed E-state index contributed by atoms with van der Waals surface area (Å²) in [6, 6.07) is 4.75. The van der Waals surface area contributed by atoms with Crippen molar-refractivity contribution in [2.24, 2.45) is 0 Å². The molecule has 80 valence electrons. The summed E-state index contributed by atoms with van der Waals surface area (Å²) in [7, 11) is 0. The Labute approximate surface area is 86.7 Å². The fraction of sp³-hybridized carbons (Fsp3) is 0.300. The number of nitrogens with zero attached hydrogens (tertiary/aromatic N) is 1. The van der Waals surface area contributed by atoms with Crippen LogP contribution in [0.2, 0.25) is 0 Å². The topological polar surface area (TPSA) is 76.5 Å². The number of esters is 1. The molecule has 0 aliphatic rings. The largest absolute Gasteiger partial charge is 0.480 e. The fourth-order valence-electron chi connectivity index (χ4n) is 1.12. The van der Waals surface area contributed by atoms with E-state index in [4.69, 9.17) is 5.11 Å². The number of hydrogen-bond acceptors (Lipinski definition) is 4. The van der Waals surface area contributed by atoms with Crippen molar-refractivity contribution in [3.63, 3.8) is 0 Å². The van der Waals surface area contributed by atoms with Crippen LogP contribution in [0.5, 0.6) is 0 Å². The van der Waals surface area contributed by atoms with E-state index in [-0.39, 0.29) is 12.3 Å². The molecule has 1 N–H and O–H groups in total. The number of aromatic nitrogens is 1. The van der Waals surface area contributed by atoms with Gasteiger partial charge in [0.25, 0.3) is 0 Å². The van der Waals surface area contributed by atoms with Crippen molar-refractivity contribution in [1.29, 1.82) is 0 Å². The second-order valence-electron chi connectivity index (χ2n) is 2.78. The maximum Gasteiger partial charge on any atom is 0.326 e. The maximum absolute atomic E-state index is 11.3. The van der Waals surface area contributed by atoms with Crippen LogP contribution in [0.25, 0.3) is 0 Å². The van der Waals surface area contributed by atoms with E-state index in [0.29, 0.717) is 0 Å². The van der Waals surface area contributed by atoms with Crippen LogP contribution in [0.15, 0.2) is 24.4 Å². The van der Waals surface area contributed by atoms with Crippen molar-refractivity contribution >= 4 is 11.9 Å². The van der Waals surface area contributed by atoms with E-state index in [1.54, 1.807) is 19.1 Å². The van der Waals surface area contributed by atoms with Gasteiger partial charge in [0.05, 0.1) is 12.3 Å². The van der Waals surface area contributed by atoms with Gasteiger partial charge in [-0.2, -0.15) is 0 Å². The quantitative estimate of drug-likeness (QED) is 0.586. The molecular weight excluding hydrogens is 198 g/mol. The smallest absolute Gasteiger partial charge is 0.326 e. The summed E-state index contributed by atoms with van der Waals surface area (Å²) in [5.41, 5.74) is 0.184. The molecule has 1 rings (SSSR count). The Morgan fingerprint density at radius 3 is 2.73 bits per heavy atom. The molecule has 15 heavy (non-hydrogen) atoms. The van der Waals surface area contributed by atoms with Gasteiger partial charge in [-0.15, -0.1) is 0 Å². The number of aliphatic carboxylic acids is 1. The molecule has 0 aliphatic heterocycles. The van der Waals surface area contributed by atoms with Gasteiger partial charge in [-0.3, -0.25) is 14.6 Å². The van der Waals surface area contributed by atoms with Gasteiger partial charge in [0.2, 0.25) is 0 Å². The Morgan fingerprint density at radius 1 is 1.53 bits per heavy atom. The highest BCUT2D eigenvalue weighted by Crippen LogP contribution is 2.14. The molecule has 0 fully saturated rings. The predicted molar refractivity (Wildman–Crippen MR) is 51.2 cm³/mol. The molecule has 1 heterocycles. The lowest BCUT2D eigenvalue weighted by atomic mass is 10.1. The number of pyridine rings is 1. The summed E-state index contributed by atoms with van der Waals surface area (Å²) in [6.07, 6.45) is 1.44. The minimum atomic E-state index is -1.34. The van der Waals surface area contributed by atoms with Gasteiger partial charge in [-0.05, 0) is 19.1 Å². The van der Waals surface area contributed by atoms with Gasteiger partial charge in [0.1, 0.15) is 0 Å². The Hall–Kier alpha value is -1.91. The zero-order valence-electron chi connectivity index (χ0n) is 8.21. The van der Waals surface area contributed by atoms with E-state index in [1.807, 2.05) is 0 Å². The maximum atomic E-state index is 11.3. The van der Waals surface area contributed by atoms with Crippen molar-refractivity contribution in [2.45, 2.75) is 12.8 Å². The summed E-state index contributed by atoms with van der Waals surface area (Å²) in [5, 5.41) is 8.88. The van der Waals surface area contributed by atoms with Gasteiger partial charge >= 0.3 is 11.9 Å². The molecule has 0 radical (unpaired) electrons. The Bertz CT molecular complexity index is 350. The third-order valence-corrected chi connectivity index (χ3v) is 1.75. The van der Waals surface area contributed by atoms with Crippen LogP contribution < -0.4 is 0 Å². The fourth-order valence-corrected chi connectivity index (χ4v) is 1.12. The number of rotatable bonds is 4. The van der Waals surface area contributed by atoms with Crippen molar-refractivity contribution in [1.82, 2.24) is 4.98 Å². The van der Waals surface area contributed by atoms with E-state index < -0.39 is 17.9 Å². The predicted octanol–water partition coefficient (Wildman–Crippen LogP) is 0.813. The first-order chi connectivity index (χ1) is 7.16. The van der Waals surface area contributed by atoms with Gasteiger partial charge in [0, 0.05) is 6.20 Å². The van der Waals surface area contributed by atoms with Crippen LogP contribution in [0, 0.1) is 0 Å². The molecule has 0 aromatic carbocycles. The molecule has 1 atom stereocenters. The van der Waals surface area contributed by atoms with Gasteiger partial charge in [-0.25, -0.2) is 0 Å². The van der Waals surface area contributed by atoms with E-state index in [1.165, 1.54) is 12.3 Å². The Morgan fingerprint density at radius 2 is 2.27 bits per heavy atom. The molecule has 1 aromatic rings. The molecule has 5 heteroatoms. The molecule has 0 spiro atoms. The first-order valence-corrected chi connectivity index (χ1v) is 4.47. The Kier molecular flexibility index (Phi) is 3.79. The van der Waals surface area contributed by atoms with E-state index >= 15 is 0 Å². The van der Waals surface area contributed by atoms with E-state index in [2.05, 4.69) is 9.72 Å². The molecule has 0 saturated carbocycles. The number of carboxylic acid groups (broad SMARTS) is 1. The average molecular weight is 209 g/mol. The van der Waals surface area contributed by atoms with Crippen LogP contribution in [0.3, 0.4) is 0 Å². The zero-order chi connectivity index (χ0) is 11.3. The van der Waals surface area contributed by atoms with Crippen molar-refractivity contribution in [3.05, 3.63) is 30.1 Å². The molecule has 5 nitrogen and oxygen atoms in total. The minimum Gasteiger partial charge on any atom is -0.480 e. The monoisotopic (exact) mass is 209 g/mol. The van der Waals surface area contributed by atoms with Crippen LogP contribution in [0.4, 0.5) is 0 Å². The van der Waals surface area contributed by atoms with Crippen molar-refractivity contribution in [3.8, 4) is 0 Å². The third kappa shape index (κ3) is 2.77. The lowest BCUT2D eigenvalue weighted by Gasteiger charge is -2.09. The molecule has 0 aliphatic carbocycles. The SMILES string of the molecule is CCOC(=O)C(C(=O)O)c1ccccn1. The number of ether oxygens (including phenoxy) is 1. The standard InChI is InChI=1S/C10H11NO4/c1-2-15-10(14)8(9(12)13)7-5-3-4-6-11-7/h3-6,8H,2H2,1H3,(H,12,13). The normalized spacial score (nSPS) is 11.8. The highest BCUT2D eigenvalue weighted by Gasteiger charge is 2.30. The second kappa shape index (κ2) is 5.09. The van der Waals surface area contributed by atoms with Gasteiger partial charge in [-0.1, -0.05) is 6.07 Å². The number of carboxylic acids is 1. The number of hydrogen-bond donors (Lipinski definition) is 1. The van der Waals surface area contributed by atoms with Crippen LogP contribution in [-0.2, 0) is 14.3 Å². The zero-order valence-corrected chi connectivity index (χ0v) is 8.21. The third-order valence-electron chi connectivity index (χ3n) is 1.75. The summed E-state index contributed by atoms with van der Waals surface area (Å²) < 4.78 is 4.66. The second-order valence-corrected chi connectivity index (χ2v) is 2.78. The van der Waals surface area contributed by atoms with E-state index in [0.717, 1.165) is 0 Å². The molecule has 0 amide bonds. The molecule has 0 saturated heterocycles. The molecular formula is C10H11NO4. The average Bonchev–Trinajstić information content (AvgIpc) is 2.19. The van der Waals surface area contributed by atoms with Gasteiger partial charge < -0.3 is 9.84 Å². The lowest BCUT2D eigenvalue weighted by molar-refractivity contribution is -0.153. The highest BCUT2D eigenvalue weighted by molar-refractivity contribution is 5.99. The first-order valence-electron chi connectivity index (χ1n) is 4.47. The van der Waals surface area contributed by atoms with E-state index in [9.17, 15) is 9.59 Å². The van der Waals surface area contributed by atoms with Crippen LogP contribution in [0.1, 0.15) is 18.5 Å². The minimum absolute atomic E-state index is 0.148. The van der Waals surface area contributed by atoms with Crippen LogP contribution >= 0.6 is 0 Å². The first kappa shape index (κ1) is 11.2. The number of carbonyl (C=O) groups excluding carboxylic acids is 1. The summed E-state index contributed by atoms with van der Waals surface area (Å²) in [5.74, 6) is -3.39.